The Kier molecular flexibility index (Phi) is 8.16. The normalized spacial score (nSPS) is 16.8. The van der Waals surface area contributed by atoms with E-state index in [4.69, 9.17) is 4.74 Å². The van der Waals surface area contributed by atoms with Crippen LogP contribution in [0.2, 0.25) is 0 Å². The fraction of sp³-hybridized carbons (Fsp3) is 0.357. The van der Waals surface area contributed by atoms with Gasteiger partial charge in [0, 0.05) is 41.8 Å². The fourth-order valence-corrected chi connectivity index (χ4v) is 5.86. The lowest BCUT2D eigenvalue weighted by Gasteiger charge is -2.38. The van der Waals surface area contributed by atoms with Crippen LogP contribution in [0, 0.1) is 15.2 Å². The van der Waals surface area contributed by atoms with Gasteiger partial charge in [0.25, 0.3) is 0 Å². The smallest absolute Gasteiger partial charge is 0.123 e. The van der Waals surface area contributed by atoms with Gasteiger partial charge in [0.2, 0.25) is 0 Å². The monoisotopic (exact) mass is 595 g/mol. The molecule has 3 aromatic carbocycles. The number of nitrogens with zero attached hydrogens (tertiary/aromatic N) is 1. The second-order valence-corrected chi connectivity index (χ2v) is 10.6. The average molecular weight is 596 g/mol. The molecule has 0 aromatic heterocycles. The number of ether oxygens (including phenoxy) is 1. The van der Waals surface area contributed by atoms with Crippen LogP contribution in [-0.2, 0) is 6.42 Å². The Morgan fingerprint density at radius 2 is 1.47 bits per heavy atom. The van der Waals surface area contributed by atoms with E-state index in [1.165, 1.54) is 33.4 Å². The summed E-state index contributed by atoms with van der Waals surface area (Å²) >= 11 is 2.37. The molecule has 3 aromatic rings. The van der Waals surface area contributed by atoms with Gasteiger partial charge in [-0.3, -0.25) is 0 Å². The van der Waals surface area contributed by atoms with Crippen LogP contribution in [0.25, 0.3) is 0 Å². The molecule has 6 heteroatoms. The first-order valence-corrected chi connectivity index (χ1v) is 12.8. The van der Waals surface area contributed by atoms with Crippen molar-refractivity contribution in [3.05, 3.63) is 98.6 Å². The van der Waals surface area contributed by atoms with E-state index < -0.39 is 0 Å². The molecule has 2 heterocycles. The molecule has 0 aliphatic carbocycles. The van der Waals surface area contributed by atoms with Gasteiger partial charge in [-0.1, -0.05) is 24.3 Å². The first-order valence-electron chi connectivity index (χ1n) is 11.7. The summed E-state index contributed by atoms with van der Waals surface area (Å²) in [6.07, 6.45) is 5.10. The molecule has 1 fully saturated rings. The molecule has 1 saturated heterocycles. The van der Waals surface area contributed by atoms with Crippen LogP contribution in [0.5, 0.6) is 5.75 Å². The zero-order chi connectivity index (χ0) is 22.8. The summed E-state index contributed by atoms with van der Waals surface area (Å²) in [5.41, 5.74) is 3.46. The van der Waals surface area contributed by atoms with Crippen molar-refractivity contribution in [2.75, 3.05) is 19.6 Å². The summed E-state index contributed by atoms with van der Waals surface area (Å²) < 4.78 is 34.6. The molecule has 0 saturated carbocycles. The highest BCUT2D eigenvalue weighted by molar-refractivity contribution is 14.1. The molecule has 2 aliphatic heterocycles. The first kappa shape index (κ1) is 25.4. The molecule has 0 atom stereocenters. The van der Waals surface area contributed by atoms with Crippen molar-refractivity contribution in [1.29, 1.82) is 0 Å². The maximum absolute atomic E-state index is 13.5. The van der Waals surface area contributed by atoms with Crippen LogP contribution in [0.4, 0.5) is 8.78 Å². The third-order valence-corrected chi connectivity index (χ3v) is 7.81. The molecule has 0 unspecified atom stereocenters. The van der Waals surface area contributed by atoms with Gasteiger partial charge in [-0.15, -0.1) is 12.4 Å². The second-order valence-electron chi connectivity index (χ2n) is 9.35. The Hall–Kier alpha value is -1.70. The molecule has 5 rings (SSSR count). The van der Waals surface area contributed by atoms with Crippen LogP contribution < -0.4 is 4.74 Å². The summed E-state index contributed by atoms with van der Waals surface area (Å²) in [6, 6.07) is 19.9. The Morgan fingerprint density at radius 3 is 2.06 bits per heavy atom. The zero-order valence-corrected chi connectivity index (χ0v) is 22.0. The van der Waals surface area contributed by atoms with Gasteiger partial charge >= 0.3 is 0 Å². The minimum atomic E-state index is -0.232. The van der Waals surface area contributed by atoms with Crippen LogP contribution in [0.1, 0.15) is 48.3 Å². The van der Waals surface area contributed by atoms with Gasteiger partial charge in [-0.05, 0) is 101 Å². The van der Waals surface area contributed by atoms with Crippen LogP contribution in [-0.4, -0.2) is 30.1 Å². The minimum Gasteiger partial charge on any atom is -0.487 e. The van der Waals surface area contributed by atoms with Crippen molar-refractivity contribution in [3.63, 3.8) is 0 Å². The SMILES string of the molecule is Cl.Fc1ccc(C(CCCN2CCC3(CC2)Cc2cc(I)ccc2O3)c2ccc(F)cc2)cc1. The van der Waals surface area contributed by atoms with Crippen molar-refractivity contribution in [2.24, 2.45) is 0 Å². The van der Waals surface area contributed by atoms with Crippen molar-refractivity contribution >= 4 is 35.0 Å². The van der Waals surface area contributed by atoms with E-state index in [-0.39, 0.29) is 35.6 Å². The molecule has 0 amide bonds. The third kappa shape index (κ3) is 5.74. The van der Waals surface area contributed by atoms with E-state index in [2.05, 4.69) is 45.7 Å². The number of likely N-dealkylation sites (tertiary alicyclic amines) is 1. The Balaban J connectivity index is 0.00000274. The molecule has 0 N–H and O–H groups in total. The minimum absolute atomic E-state index is 0. The zero-order valence-electron chi connectivity index (χ0n) is 19.0. The predicted molar refractivity (Wildman–Crippen MR) is 143 cm³/mol. The lowest BCUT2D eigenvalue weighted by molar-refractivity contribution is 0.0190. The molecule has 0 radical (unpaired) electrons. The number of rotatable bonds is 6. The maximum Gasteiger partial charge on any atom is 0.123 e. The second kappa shape index (κ2) is 10.9. The van der Waals surface area contributed by atoms with Crippen molar-refractivity contribution < 1.29 is 13.5 Å². The van der Waals surface area contributed by atoms with Gasteiger partial charge < -0.3 is 9.64 Å². The first-order chi connectivity index (χ1) is 16.0. The summed E-state index contributed by atoms with van der Waals surface area (Å²) in [5, 5.41) is 0. The van der Waals surface area contributed by atoms with Gasteiger partial charge in [0.15, 0.2) is 0 Å². The molecule has 180 valence electrons. The van der Waals surface area contributed by atoms with E-state index in [9.17, 15) is 8.78 Å². The number of hydrogen-bond donors (Lipinski definition) is 0. The summed E-state index contributed by atoms with van der Waals surface area (Å²) in [5.74, 6) is 0.734. The van der Waals surface area contributed by atoms with Crippen molar-refractivity contribution in [3.8, 4) is 5.75 Å². The highest BCUT2D eigenvalue weighted by atomic mass is 127. The standard InChI is InChI=1S/C28H28F2INO.ClH/c29-23-7-3-20(4-8-23)26(21-5-9-24(30)10-6-21)2-1-15-32-16-13-28(14-17-32)19-22-18-25(31)11-12-27(22)33-28;/h3-12,18,26H,1-2,13-17,19H2;1H. The molecule has 0 bridgehead atoms. The van der Waals surface area contributed by atoms with Gasteiger partial charge in [0.1, 0.15) is 23.0 Å². The summed E-state index contributed by atoms with van der Waals surface area (Å²) in [6.45, 7) is 3.12. The Morgan fingerprint density at radius 1 is 0.882 bits per heavy atom. The lowest BCUT2D eigenvalue weighted by atomic mass is 9.86. The summed E-state index contributed by atoms with van der Waals surface area (Å²) in [4.78, 5) is 2.54. The van der Waals surface area contributed by atoms with Crippen molar-refractivity contribution in [2.45, 2.75) is 43.6 Å². The average Bonchev–Trinajstić information content (AvgIpc) is 3.16. The Bertz CT molecular complexity index is 1050. The number of hydrogen-bond acceptors (Lipinski definition) is 2. The summed E-state index contributed by atoms with van der Waals surface area (Å²) in [7, 11) is 0. The van der Waals surface area contributed by atoms with Gasteiger partial charge in [0.05, 0.1) is 0 Å². The fourth-order valence-electron chi connectivity index (χ4n) is 5.30. The molecule has 2 nitrogen and oxygen atoms in total. The lowest BCUT2D eigenvalue weighted by Crippen LogP contribution is -2.47. The molecule has 2 aliphatic rings. The van der Waals surface area contributed by atoms with Gasteiger partial charge in [-0.25, -0.2) is 8.78 Å². The Labute approximate surface area is 220 Å². The maximum atomic E-state index is 13.5. The van der Waals surface area contributed by atoms with Crippen molar-refractivity contribution in [1.82, 2.24) is 4.90 Å². The molecule has 1 spiro atoms. The number of piperidine rings is 1. The van der Waals surface area contributed by atoms with E-state index in [1.807, 2.05) is 24.3 Å². The van der Waals surface area contributed by atoms with E-state index in [1.54, 1.807) is 0 Å². The van der Waals surface area contributed by atoms with E-state index in [0.29, 0.717) is 0 Å². The molecular formula is C28H29ClF2INO. The quantitative estimate of drug-likeness (QED) is 0.276. The highest BCUT2D eigenvalue weighted by Crippen LogP contribution is 2.41. The number of halogens is 4. The predicted octanol–water partition coefficient (Wildman–Crippen LogP) is 7.37. The number of fused-ring (bicyclic) bond motifs is 1. The van der Waals surface area contributed by atoms with Crippen LogP contribution in [0.15, 0.2) is 66.7 Å². The van der Waals surface area contributed by atoms with Gasteiger partial charge in [-0.2, -0.15) is 0 Å². The van der Waals surface area contributed by atoms with E-state index in [0.717, 1.165) is 68.6 Å². The third-order valence-electron chi connectivity index (χ3n) is 7.14. The molecular weight excluding hydrogens is 567 g/mol. The van der Waals surface area contributed by atoms with Crippen LogP contribution in [0.3, 0.4) is 0 Å². The van der Waals surface area contributed by atoms with E-state index >= 15 is 0 Å². The largest absolute Gasteiger partial charge is 0.487 e. The molecule has 34 heavy (non-hydrogen) atoms. The van der Waals surface area contributed by atoms with Crippen LogP contribution >= 0.6 is 35.0 Å². The topological polar surface area (TPSA) is 12.5 Å². The highest BCUT2D eigenvalue weighted by Gasteiger charge is 2.41. The number of benzene rings is 3.